The highest BCUT2D eigenvalue weighted by Gasteiger charge is 2.48. The van der Waals surface area contributed by atoms with Crippen molar-refractivity contribution >= 4 is 26.9 Å². The summed E-state index contributed by atoms with van der Waals surface area (Å²) in [5.41, 5.74) is 0. The van der Waals surface area contributed by atoms with Crippen molar-refractivity contribution < 1.29 is 23.7 Å². The largest absolute Gasteiger partial charge is 0.448 e. The van der Waals surface area contributed by atoms with Crippen molar-refractivity contribution in [2.75, 3.05) is 20.0 Å². The first-order valence-electron chi connectivity index (χ1n) is 9.82. The molecule has 5 nitrogen and oxygen atoms in total. The number of carbonyl (C=O) groups excluding carboxylic acids is 1. The maximum Gasteiger partial charge on any atom is 0.378 e. The predicted octanol–water partition coefficient (Wildman–Crippen LogP) is 5.42. The molecule has 0 saturated carbocycles. The Kier molecular flexibility index (Phi) is 14.2. The number of rotatable bonds is 14. The number of ether oxygens (including phenoxy) is 4. The Bertz CT molecular complexity index is 441. The van der Waals surface area contributed by atoms with Crippen LogP contribution in [0.1, 0.15) is 64.7 Å². The molecule has 1 saturated heterocycles. The molecule has 1 heterocycles. The van der Waals surface area contributed by atoms with Crippen LogP contribution in [0.15, 0.2) is 0 Å². The van der Waals surface area contributed by atoms with Gasteiger partial charge in [0.1, 0.15) is 18.8 Å². The molecule has 0 amide bonds. The molecule has 0 bridgehead atoms. The number of hydrogen-bond donors (Lipinski definition) is 0. The van der Waals surface area contributed by atoms with Crippen molar-refractivity contribution in [3.63, 3.8) is 0 Å². The molecule has 0 spiro atoms. The second-order valence-corrected chi connectivity index (χ2v) is 8.94. The lowest BCUT2D eigenvalue weighted by atomic mass is 10.0. The maximum absolute atomic E-state index is 12.0. The monoisotopic (exact) mass is 418 g/mol. The lowest BCUT2D eigenvalue weighted by Crippen LogP contribution is -2.39. The minimum Gasteiger partial charge on any atom is -0.448 e. The molecular weight excluding hydrogens is 384 g/mol. The molecule has 7 heteroatoms. The van der Waals surface area contributed by atoms with Crippen LogP contribution in [0.4, 0.5) is 4.79 Å². The molecule has 0 aromatic carbocycles. The van der Waals surface area contributed by atoms with E-state index in [-0.39, 0.29) is 18.0 Å². The summed E-state index contributed by atoms with van der Waals surface area (Å²) in [5.74, 6) is 2.45. The Morgan fingerprint density at radius 3 is 2.37 bits per heavy atom. The van der Waals surface area contributed by atoms with Crippen LogP contribution >= 0.6 is 21.6 Å². The normalized spacial score (nSPS) is 24.7. The van der Waals surface area contributed by atoms with Crippen molar-refractivity contribution in [1.82, 2.24) is 0 Å². The highest BCUT2D eigenvalue weighted by atomic mass is 33.1. The molecule has 156 valence electrons. The van der Waals surface area contributed by atoms with Gasteiger partial charge in [-0.3, -0.25) is 0 Å². The van der Waals surface area contributed by atoms with Gasteiger partial charge in [-0.05, 0) is 12.7 Å². The molecule has 1 aliphatic heterocycles. The smallest absolute Gasteiger partial charge is 0.378 e. The average Bonchev–Trinajstić information content (AvgIpc) is 2.98. The Morgan fingerprint density at radius 2 is 1.78 bits per heavy atom. The highest BCUT2D eigenvalue weighted by Crippen LogP contribution is 2.32. The van der Waals surface area contributed by atoms with E-state index in [0.717, 1.165) is 30.1 Å². The van der Waals surface area contributed by atoms with Crippen LogP contribution in [0.25, 0.3) is 0 Å². The van der Waals surface area contributed by atoms with Crippen LogP contribution in [0.2, 0.25) is 0 Å². The standard InChI is InChI=1S/C20H34O5S2/c1-5-7-8-9-10-11-12-13-14-16-17(25-20(21)27-26-4)18(23-15-6-2)19(22-3)24-16/h2,16-19H,5,7-15H2,1,3-4H3/t16-,17+,18-,19+/m1/s1. The lowest BCUT2D eigenvalue weighted by Gasteiger charge is -2.23. The third-order valence-corrected chi connectivity index (χ3v) is 5.89. The molecule has 0 N–H and O–H groups in total. The Labute approximate surface area is 172 Å². The number of carbonyl (C=O) groups is 1. The van der Waals surface area contributed by atoms with E-state index in [1.165, 1.54) is 49.3 Å². The average molecular weight is 419 g/mol. The second-order valence-electron chi connectivity index (χ2n) is 6.60. The van der Waals surface area contributed by atoms with Gasteiger partial charge in [-0.1, -0.05) is 75.0 Å². The Morgan fingerprint density at radius 1 is 1.11 bits per heavy atom. The van der Waals surface area contributed by atoms with Crippen molar-refractivity contribution in [2.45, 2.75) is 89.3 Å². The quantitative estimate of drug-likeness (QED) is 0.161. The first kappa shape index (κ1) is 24.6. The summed E-state index contributed by atoms with van der Waals surface area (Å²) < 4.78 is 22.7. The van der Waals surface area contributed by atoms with Crippen LogP contribution < -0.4 is 0 Å². The molecular formula is C20H34O5S2. The zero-order valence-electron chi connectivity index (χ0n) is 16.8. The molecule has 1 fully saturated rings. The summed E-state index contributed by atoms with van der Waals surface area (Å²) >= 11 is 0. The molecule has 1 aliphatic rings. The third kappa shape index (κ3) is 9.58. The van der Waals surface area contributed by atoms with Gasteiger partial charge < -0.3 is 18.9 Å². The van der Waals surface area contributed by atoms with E-state index >= 15 is 0 Å². The van der Waals surface area contributed by atoms with Crippen molar-refractivity contribution in [2.24, 2.45) is 0 Å². The van der Waals surface area contributed by atoms with Crippen LogP contribution in [0.3, 0.4) is 0 Å². The van der Waals surface area contributed by atoms with Gasteiger partial charge in [0.05, 0.1) is 0 Å². The van der Waals surface area contributed by atoms with Crippen LogP contribution in [-0.4, -0.2) is 49.9 Å². The molecule has 0 aliphatic carbocycles. The topological polar surface area (TPSA) is 54.0 Å². The summed E-state index contributed by atoms with van der Waals surface area (Å²) in [4.78, 5) is 12.0. The van der Waals surface area contributed by atoms with E-state index < -0.39 is 18.5 Å². The van der Waals surface area contributed by atoms with E-state index in [9.17, 15) is 4.79 Å². The van der Waals surface area contributed by atoms with Gasteiger partial charge in [-0.15, -0.1) is 6.42 Å². The minimum absolute atomic E-state index is 0.127. The summed E-state index contributed by atoms with van der Waals surface area (Å²) in [5, 5.41) is -0.344. The molecule has 4 atom stereocenters. The molecule has 0 aromatic rings. The number of unbranched alkanes of at least 4 members (excludes halogenated alkanes) is 7. The zero-order chi connectivity index (χ0) is 19.9. The SMILES string of the molecule is C#CCO[C@H]1[C@@H](OC)O[C@H](CCCCCCCCCC)[C@@H]1OC(=O)SSC. The lowest BCUT2D eigenvalue weighted by molar-refractivity contribution is -0.159. The minimum atomic E-state index is -0.575. The molecule has 0 radical (unpaired) electrons. The van der Waals surface area contributed by atoms with Crippen molar-refractivity contribution in [1.29, 1.82) is 0 Å². The maximum atomic E-state index is 12.0. The van der Waals surface area contributed by atoms with Crippen LogP contribution in [0.5, 0.6) is 0 Å². The van der Waals surface area contributed by atoms with E-state index in [4.69, 9.17) is 25.4 Å². The van der Waals surface area contributed by atoms with Gasteiger partial charge >= 0.3 is 5.30 Å². The molecule has 0 aromatic heterocycles. The van der Waals surface area contributed by atoms with E-state index in [1.807, 2.05) is 6.26 Å². The number of methoxy groups -OCH3 is 1. The fraction of sp³-hybridized carbons (Fsp3) is 0.850. The summed E-state index contributed by atoms with van der Waals surface area (Å²) in [6, 6.07) is 0. The summed E-state index contributed by atoms with van der Waals surface area (Å²) in [6.07, 6.45) is 16.1. The molecule has 1 rings (SSSR count). The highest BCUT2D eigenvalue weighted by molar-refractivity contribution is 8.81. The third-order valence-electron chi connectivity index (χ3n) is 4.58. The first-order valence-corrected chi connectivity index (χ1v) is 12.4. The second kappa shape index (κ2) is 15.5. The van der Waals surface area contributed by atoms with Gasteiger partial charge in [-0.25, -0.2) is 4.79 Å². The van der Waals surface area contributed by atoms with Crippen LogP contribution in [-0.2, 0) is 18.9 Å². The van der Waals surface area contributed by atoms with E-state index in [0.29, 0.717) is 0 Å². The van der Waals surface area contributed by atoms with Gasteiger partial charge in [0.15, 0.2) is 12.4 Å². The fourth-order valence-corrected chi connectivity index (χ4v) is 4.07. The Hall–Kier alpha value is -0.390. The predicted molar refractivity (Wildman–Crippen MR) is 113 cm³/mol. The van der Waals surface area contributed by atoms with E-state index in [2.05, 4.69) is 12.8 Å². The van der Waals surface area contributed by atoms with Gasteiger partial charge in [0.25, 0.3) is 0 Å². The van der Waals surface area contributed by atoms with E-state index in [1.54, 1.807) is 7.11 Å². The molecule has 0 unspecified atom stereocenters. The Balaban J connectivity index is 2.50. The van der Waals surface area contributed by atoms with Gasteiger partial charge in [0, 0.05) is 17.9 Å². The van der Waals surface area contributed by atoms with Gasteiger partial charge in [-0.2, -0.15) is 0 Å². The zero-order valence-corrected chi connectivity index (χ0v) is 18.4. The van der Waals surface area contributed by atoms with Crippen molar-refractivity contribution in [3.8, 4) is 12.3 Å². The van der Waals surface area contributed by atoms with Gasteiger partial charge in [0.2, 0.25) is 0 Å². The van der Waals surface area contributed by atoms with Crippen LogP contribution in [0, 0.1) is 12.3 Å². The molecule has 27 heavy (non-hydrogen) atoms. The van der Waals surface area contributed by atoms with Crippen molar-refractivity contribution in [3.05, 3.63) is 0 Å². The number of terminal acetylenes is 1. The number of hydrogen-bond acceptors (Lipinski definition) is 7. The summed E-state index contributed by atoms with van der Waals surface area (Å²) in [6.45, 7) is 2.36. The first-order chi connectivity index (χ1) is 13.2. The fourth-order valence-electron chi connectivity index (χ4n) is 3.25. The summed E-state index contributed by atoms with van der Waals surface area (Å²) in [7, 11) is 3.97.